The van der Waals surface area contributed by atoms with Gasteiger partial charge in [0.15, 0.2) is 5.78 Å². The lowest BCUT2D eigenvalue weighted by Crippen LogP contribution is -2.11. The smallest absolute Gasteiger partial charge is 0.313 e. The molecule has 1 rings (SSSR count). The number of carbonyl (C=O) groups is 2. The second-order valence-corrected chi connectivity index (χ2v) is 2.77. The van der Waals surface area contributed by atoms with Crippen molar-refractivity contribution < 1.29 is 18.7 Å². The molecule has 0 aromatic carbocycles. The summed E-state index contributed by atoms with van der Waals surface area (Å²) in [6, 6.07) is 2.35. The summed E-state index contributed by atoms with van der Waals surface area (Å²) in [5, 5.41) is 0. The predicted octanol–water partition coefficient (Wildman–Crippen LogP) is 1.36. The van der Waals surface area contributed by atoms with Crippen LogP contribution in [0, 0.1) is 5.95 Å². The molecule has 0 amide bonds. The largest absolute Gasteiger partial charge is 0.466 e. The topological polar surface area (TPSA) is 56.3 Å². The SMILES string of the molecule is CCOC(=O)CC(=O)c1ccc(F)nc1. The van der Waals surface area contributed by atoms with Crippen molar-refractivity contribution in [3.05, 3.63) is 29.8 Å². The molecule has 1 aromatic rings. The van der Waals surface area contributed by atoms with Crippen LogP contribution in [0.4, 0.5) is 4.39 Å². The molecule has 1 heterocycles. The number of ketones is 1. The van der Waals surface area contributed by atoms with Gasteiger partial charge in [-0.15, -0.1) is 0 Å². The summed E-state index contributed by atoms with van der Waals surface area (Å²) in [6.07, 6.45) is 0.748. The standard InChI is InChI=1S/C10H10FNO3/c1-2-15-10(14)5-8(13)7-3-4-9(11)12-6-7/h3-4,6H,2,5H2,1H3. The van der Waals surface area contributed by atoms with Crippen LogP contribution in [-0.4, -0.2) is 23.3 Å². The third kappa shape index (κ3) is 3.46. The number of hydrogen-bond acceptors (Lipinski definition) is 4. The van der Waals surface area contributed by atoms with Crippen LogP contribution in [0.5, 0.6) is 0 Å². The van der Waals surface area contributed by atoms with E-state index in [2.05, 4.69) is 9.72 Å². The van der Waals surface area contributed by atoms with Crippen LogP contribution in [0.3, 0.4) is 0 Å². The molecule has 4 nitrogen and oxygen atoms in total. The summed E-state index contributed by atoms with van der Waals surface area (Å²) in [5.74, 6) is -1.68. The van der Waals surface area contributed by atoms with Gasteiger partial charge in [-0.3, -0.25) is 9.59 Å². The van der Waals surface area contributed by atoms with E-state index in [1.54, 1.807) is 6.92 Å². The van der Waals surface area contributed by atoms with E-state index in [9.17, 15) is 14.0 Å². The molecule has 0 unspecified atom stereocenters. The van der Waals surface area contributed by atoms with Gasteiger partial charge in [0.05, 0.1) is 6.61 Å². The van der Waals surface area contributed by atoms with E-state index < -0.39 is 17.7 Å². The summed E-state index contributed by atoms with van der Waals surface area (Å²) >= 11 is 0. The van der Waals surface area contributed by atoms with Crippen molar-refractivity contribution in [3.63, 3.8) is 0 Å². The first-order valence-corrected chi connectivity index (χ1v) is 4.44. The van der Waals surface area contributed by atoms with Crippen molar-refractivity contribution in [2.45, 2.75) is 13.3 Å². The highest BCUT2D eigenvalue weighted by Gasteiger charge is 2.12. The number of ether oxygens (including phenoxy) is 1. The summed E-state index contributed by atoms with van der Waals surface area (Å²) < 4.78 is 17.0. The van der Waals surface area contributed by atoms with Crippen molar-refractivity contribution in [1.82, 2.24) is 4.98 Å². The fraction of sp³-hybridized carbons (Fsp3) is 0.300. The Kier molecular flexibility index (Phi) is 3.91. The molecule has 1 aromatic heterocycles. The van der Waals surface area contributed by atoms with Crippen LogP contribution in [0.25, 0.3) is 0 Å². The van der Waals surface area contributed by atoms with Crippen LogP contribution in [0.15, 0.2) is 18.3 Å². The Labute approximate surface area is 86.1 Å². The normalized spacial score (nSPS) is 9.73. The molecule has 0 aliphatic carbocycles. The highest BCUT2D eigenvalue weighted by Crippen LogP contribution is 2.03. The maximum Gasteiger partial charge on any atom is 0.313 e. The molecule has 0 saturated carbocycles. The number of esters is 1. The number of pyridine rings is 1. The molecule has 0 radical (unpaired) electrons. The van der Waals surface area contributed by atoms with Gasteiger partial charge in [0, 0.05) is 11.8 Å². The predicted molar refractivity (Wildman–Crippen MR) is 49.8 cm³/mol. The number of hydrogen-bond donors (Lipinski definition) is 0. The van der Waals surface area contributed by atoms with Gasteiger partial charge in [-0.05, 0) is 19.1 Å². The lowest BCUT2D eigenvalue weighted by Gasteiger charge is -2.00. The van der Waals surface area contributed by atoms with Gasteiger partial charge in [0.25, 0.3) is 0 Å². The van der Waals surface area contributed by atoms with E-state index in [1.165, 1.54) is 6.07 Å². The highest BCUT2D eigenvalue weighted by molar-refractivity contribution is 6.05. The number of carbonyl (C=O) groups excluding carboxylic acids is 2. The van der Waals surface area contributed by atoms with Gasteiger partial charge in [-0.1, -0.05) is 0 Å². The van der Waals surface area contributed by atoms with E-state index in [0.29, 0.717) is 0 Å². The molecule has 0 fully saturated rings. The molecular formula is C10H10FNO3. The first-order valence-electron chi connectivity index (χ1n) is 4.44. The van der Waals surface area contributed by atoms with Gasteiger partial charge < -0.3 is 4.74 Å². The maximum absolute atomic E-state index is 12.4. The quantitative estimate of drug-likeness (QED) is 0.326. The number of aromatic nitrogens is 1. The number of Topliss-reactive ketones (excluding diaryl/α,β-unsaturated/α-hetero) is 1. The number of rotatable bonds is 4. The van der Waals surface area contributed by atoms with Gasteiger partial charge in [0.1, 0.15) is 6.42 Å². The molecule has 80 valence electrons. The third-order valence-corrected chi connectivity index (χ3v) is 1.66. The lowest BCUT2D eigenvalue weighted by molar-refractivity contribution is -0.141. The summed E-state index contributed by atoms with van der Waals surface area (Å²) in [7, 11) is 0. The van der Waals surface area contributed by atoms with Crippen LogP contribution >= 0.6 is 0 Å². The molecule has 0 aliphatic rings. The Morgan fingerprint density at radius 2 is 2.20 bits per heavy atom. The van der Waals surface area contributed by atoms with E-state index in [0.717, 1.165) is 12.3 Å². The first-order chi connectivity index (χ1) is 7.13. The van der Waals surface area contributed by atoms with Crippen LogP contribution < -0.4 is 0 Å². The number of halogens is 1. The third-order valence-electron chi connectivity index (χ3n) is 1.66. The van der Waals surface area contributed by atoms with Crippen molar-refractivity contribution in [2.24, 2.45) is 0 Å². The van der Waals surface area contributed by atoms with Crippen molar-refractivity contribution in [2.75, 3.05) is 6.61 Å². The average Bonchev–Trinajstić information content (AvgIpc) is 2.18. The Balaban J connectivity index is 2.61. The van der Waals surface area contributed by atoms with Crippen LogP contribution in [-0.2, 0) is 9.53 Å². The molecule has 0 N–H and O–H groups in total. The number of nitrogens with zero attached hydrogens (tertiary/aromatic N) is 1. The first kappa shape index (κ1) is 11.3. The zero-order chi connectivity index (χ0) is 11.3. The fourth-order valence-corrected chi connectivity index (χ4v) is 0.986. The second kappa shape index (κ2) is 5.19. The maximum atomic E-state index is 12.4. The fourth-order valence-electron chi connectivity index (χ4n) is 0.986. The van der Waals surface area contributed by atoms with Gasteiger partial charge in [-0.25, -0.2) is 4.98 Å². The highest BCUT2D eigenvalue weighted by atomic mass is 19.1. The van der Waals surface area contributed by atoms with Gasteiger partial charge in [0.2, 0.25) is 5.95 Å². The lowest BCUT2D eigenvalue weighted by atomic mass is 10.1. The zero-order valence-electron chi connectivity index (χ0n) is 8.20. The average molecular weight is 211 g/mol. The molecule has 15 heavy (non-hydrogen) atoms. The van der Waals surface area contributed by atoms with E-state index >= 15 is 0 Å². The zero-order valence-corrected chi connectivity index (χ0v) is 8.20. The Bertz CT molecular complexity index is 361. The summed E-state index contributed by atoms with van der Waals surface area (Å²) in [4.78, 5) is 25.6. The second-order valence-electron chi connectivity index (χ2n) is 2.77. The van der Waals surface area contributed by atoms with Gasteiger partial charge >= 0.3 is 5.97 Å². The minimum Gasteiger partial charge on any atom is -0.466 e. The minimum atomic E-state index is -0.664. The molecule has 0 saturated heterocycles. The Hall–Kier alpha value is -1.78. The van der Waals surface area contributed by atoms with Crippen molar-refractivity contribution >= 4 is 11.8 Å². The van der Waals surface area contributed by atoms with Crippen molar-refractivity contribution in [1.29, 1.82) is 0 Å². The molecule has 0 aliphatic heterocycles. The molecule has 0 atom stereocenters. The van der Waals surface area contributed by atoms with E-state index in [-0.39, 0.29) is 18.6 Å². The minimum absolute atomic E-state index is 0.199. The molecule has 0 spiro atoms. The Morgan fingerprint density at radius 1 is 1.47 bits per heavy atom. The van der Waals surface area contributed by atoms with Crippen LogP contribution in [0.1, 0.15) is 23.7 Å². The molecule has 5 heteroatoms. The van der Waals surface area contributed by atoms with Crippen LogP contribution in [0.2, 0.25) is 0 Å². The Morgan fingerprint density at radius 3 is 2.73 bits per heavy atom. The summed E-state index contributed by atoms with van der Waals surface area (Å²) in [5.41, 5.74) is 0.199. The summed E-state index contributed by atoms with van der Waals surface area (Å²) in [6.45, 7) is 1.88. The molecular weight excluding hydrogens is 201 g/mol. The van der Waals surface area contributed by atoms with Crippen molar-refractivity contribution in [3.8, 4) is 0 Å². The van der Waals surface area contributed by atoms with E-state index in [4.69, 9.17) is 0 Å². The van der Waals surface area contributed by atoms with E-state index in [1.807, 2.05) is 0 Å². The monoisotopic (exact) mass is 211 g/mol. The molecule has 0 bridgehead atoms. The van der Waals surface area contributed by atoms with Gasteiger partial charge in [-0.2, -0.15) is 4.39 Å².